The number of nitrogens with zero attached hydrogens (tertiary/aromatic N) is 2. The second kappa shape index (κ2) is 11.1. The maximum Gasteiger partial charge on any atom is 0.338 e. The molecule has 10 heteroatoms. The van der Waals surface area contributed by atoms with Crippen molar-refractivity contribution in [2.24, 2.45) is 5.10 Å². The zero-order valence-electron chi connectivity index (χ0n) is 20.1. The molecule has 38 heavy (non-hydrogen) atoms. The van der Waals surface area contributed by atoms with Gasteiger partial charge in [0.15, 0.2) is 0 Å². The second-order valence-corrected chi connectivity index (χ2v) is 10.5. The smallest absolute Gasteiger partial charge is 0.338 e. The van der Waals surface area contributed by atoms with Gasteiger partial charge in [-0.3, -0.25) is 4.79 Å². The maximum absolute atomic E-state index is 13.0. The molecule has 0 bridgehead atoms. The first kappa shape index (κ1) is 25.6. The van der Waals surface area contributed by atoms with E-state index in [1.54, 1.807) is 42.5 Å². The normalized spacial score (nSPS) is 11.2. The Kier molecular flexibility index (Phi) is 7.50. The number of amides is 1. The first-order valence-electron chi connectivity index (χ1n) is 11.6. The van der Waals surface area contributed by atoms with Crippen LogP contribution in [0.1, 0.15) is 32.5 Å². The fraction of sp³-hybridized carbons (Fsp3) is 0.0714. The topological polar surface area (TPSA) is 107 Å². The van der Waals surface area contributed by atoms with Crippen LogP contribution < -0.4 is 11.2 Å². The number of thiophene rings is 2. The SMILES string of the molecule is CCOC(=O)c1ccc(/C=N/NC(=O)c2sc3nc(-c4ccc(Cl)cc4)cc(-c4cccs4)c3c2N)cc1. The lowest BCUT2D eigenvalue weighted by molar-refractivity contribution is 0.0526. The number of nitrogens with one attached hydrogen (secondary N) is 1. The zero-order valence-corrected chi connectivity index (χ0v) is 22.5. The lowest BCUT2D eigenvalue weighted by atomic mass is 10.0. The van der Waals surface area contributed by atoms with E-state index in [1.165, 1.54) is 17.6 Å². The van der Waals surface area contributed by atoms with E-state index in [9.17, 15) is 9.59 Å². The Bertz CT molecular complexity index is 1640. The molecule has 2 aromatic carbocycles. The Morgan fingerprint density at radius 1 is 1.13 bits per heavy atom. The van der Waals surface area contributed by atoms with Crippen LogP contribution in [0.5, 0.6) is 0 Å². The molecule has 0 fully saturated rings. The number of benzene rings is 2. The summed E-state index contributed by atoms with van der Waals surface area (Å²) < 4.78 is 4.98. The molecule has 0 aliphatic carbocycles. The number of carbonyl (C=O) groups excluding carboxylic acids is 2. The Labute approximate surface area is 231 Å². The molecule has 0 unspecified atom stereocenters. The van der Waals surface area contributed by atoms with Crippen LogP contribution in [-0.4, -0.2) is 29.7 Å². The minimum absolute atomic E-state index is 0.307. The summed E-state index contributed by atoms with van der Waals surface area (Å²) in [5, 5.41) is 7.44. The molecular formula is C28H21ClN4O3S2. The van der Waals surface area contributed by atoms with E-state index in [4.69, 9.17) is 27.1 Å². The number of aromatic nitrogens is 1. The van der Waals surface area contributed by atoms with Gasteiger partial charge >= 0.3 is 5.97 Å². The van der Waals surface area contributed by atoms with Gasteiger partial charge in [-0.05, 0) is 54.3 Å². The number of nitrogens with two attached hydrogens (primary N) is 1. The van der Waals surface area contributed by atoms with Crippen LogP contribution >= 0.6 is 34.3 Å². The van der Waals surface area contributed by atoms with Crippen LogP contribution in [0, 0.1) is 0 Å². The van der Waals surface area contributed by atoms with Gasteiger partial charge in [-0.2, -0.15) is 5.10 Å². The first-order valence-corrected chi connectivity index (χ1v) is 13.7. The molecule has 3 heterocycles. The molecule has 1 amide bonds. The predicted molar refractivity (Wildman–Crippen MR) is 155 cm³/mol. The summed E-state index contributed by atoms with van der Waals surface area (Å²) in [6.45, 7) is 2.06. The number of hydrazone groups is 1. The van der Waals surface area contributed by atoms with Gasteiger partial charge in [-0.25, -0.2) is 15.2 Å². The summed E-state index contributed by atoms with van der Waals surface area (Å²) in [6.07, 6.45) is 1.49. The van der Waals surface area contributed by atoms with Crippen LogP contribution in [0.2, 0.25) is 5.02 Å². The van der Waals surface area contributed by atoms with Gasteiger partial charge in [0.2, 0.25) is 0 Å². The van der Waals surface area contributed by atoms with Gasteiger partial charge in [-0.15, -0.1) is 22.7 Å². The molecule has 0 saturated heterocycles. The van der Waals surface area contributed by atoms with Crippen molar-refractivity contribution in [1.82, 2.24) is 10.4 Å². The van der Waals surface area contributed by atoms with Crippen LogP contribution in [-0.2, 0) is 4.74 Å². The highest BCUT2D eigenvalue weighted by Crippen LogP contribution is 2.42. The van der Waals surface area contributed by atoms with E-state index in [-0.39, 0.29) is 5.97 Å². The highest BCUT2D eigenvalue weighted by Gasteiger charge is 2.22. The summed E-state index contributed by atoms with van der Waals surface area (Å²) in [4.78, 5) is 31.7. The van der Waals surface area contributed by atoms with Gasteiger partial charge in [0.05, 0.1) is 29.8 Å². The predicted octanol–water partition coefficient (Wildman–Crippen LogP) is 6.87. The molecule has 0 aliphatic heterocycles. The number of carbonyl (C=O) groups is 2. The number of halogens is 1. The van der Waals surface area contributed by atoms with Gasteiger partial charge in [-0.1, -0.05) is 41.9 Å². The number of rotatable bonds is 7. The van der Waals surface area contributed by atoms with Crippen molar-refractivity contribution >= 4 is 68.3 Å². The monoisotopic (exact) mass is 560 g/mol. The average Bonchev–Trinajstić information content (AvgIpc) is 3.58. The molecule has 5 aromatic rings. The van der Waals surface area contributed by atoms with Crippen LogP contribution in [0.15, 0.2) is 77.2 Å². The largest absolute Gasteiger partial charge is 0.462 e. The highest BCUT2D eigenvalue weighted by molar-refractivity contribution is 7.21. The summed E-state index contributed by atoms with van der Waals surface area (Å²) >= 11 is 8.87. The minimum atomic E-state index is -0.435. The summed E-state index contributed by atoms with van der Waals surface area (Å²) in [6, 6.07) is 20.1. The van der Waals surface area contributed by atoms with Crippen molar-refractivity contribution in [1.29, 1.82) is 0 Å². The highest BCUT2D eigenvalue weighted by atomic mass is 35.5. The molecular weight excluding hydrogens is 540 g/mol. The maximum atomic E-state index is 13.0. The van der Waals surface area contributed by atoms with Gasteiger partial charge in [0.25, 0.3) is 5.91 Å². The molecule has 0 atom stereocenters. The number of ether oxygens (including phenoxy) is 1. The van der Waals surface area contributed by atoms with Crippen LogP contribution in [0.4, 0.5) is 5.69 Å². The lowest BCUT2D eigenvalue weighted by Crippen LogP contribution is -2.17. The van der Waals surface area contributed by atoms with Gasteiger partial charge < -0.3 is 10.5 Å². The zero-order chi connectivity index (χ0) is 26.6. The Balaban J connectivity index is 1.43. The van der Waals surface area contributed by atoms with Crippen molar-refractivity contribution in [3.05, 3.63) is 93.1 Å². The Morgan fingerprint density at radius 3 is 2.58 bits per heavy atom. The van der Waals surface area contributed by atoms with Crippen molar-refractivity contribution in [2.45, 2.75) is 6.92 Å². The third-order valence-corrected chi connectivity index (χ3v) is 7.89. The van der Waals surface area contributed by atoms with Crippen molar-refractivity contribution < 1.29 is 14.3 Å². The molecule has 3 aromatic heterocycles. The van der Waals surface area contributed by atoms with Gasteiger partial charge in [0.1, 0.15) is 9.71 Å². The number of anilines is 1. The summed E-state index contributed by atoms with van der Waals surface area (Å²) in [5.74, 6) is -0.825. The molecule has 0 aliphatic rings. The lowest BCUT2D eigenvalue weighted by Gasteiger charge is -2.07. The fourth-order valence-electron chi connectivity index (χ4n) is 3.82. The standard InChI is InChI=1S/C28H21ClN4O3S2/c1-2-36-28(35)18-7-5-16(6-8-18)15-31-33-26(34)25-24(30)23-20(22-4-3-13-37-22)14-21(32-27(23)38-25)17-9-11-19(29)12-10-17/h3-15H,2,30H2,1H3,(H,33,34)/b31-15+. The van der Waals surface area contributed by atoms with Crippen LogP contribution in [0.3, 0.4) is 0 Å². The second-order valence-electron chi connectivity index (χ2n) is 8.11. The number of esters is 1. The van der Waals surface area contributed by atoms with E-state index in [0.717, 1.165) is 27.1 Å². The molecule has 7 nitrogen and oxygen atoms in total. The quantitative estimate of drug-likeness (QED) is 0.128. The average molecular weight is 561 g/mol. The molecule has 190 valence electrons. The molecule has 0 radical (unpaired) electrons. The number of pyridine rings is 1. The molecule has 5 rings (SSSR count). The van der Waals surface area contributed by atoms with E-state index in [2.05, 4.69) is 10.5 Å². The number of hydrogen-bond donors (Lipinski definition) is 2. The molecule has 3 N–H and O–H groups in total. The third-order valence-electron chi connectivity index (χ3n) is 5.63. The van der Waals surface area contributed by atoms with Crippen LogP contribution in [0.25, 0.3) is 31.9 Å². The van der Waals surface area contributed by atoms with E-state index < -0.39 is 5.91 Å². The third kappa shape index (κ3) is 5.31. The van der Waals surface area contributed by atoms with Crippen molar-refractivity contribution in [3.8, 4) is 21.7 Å². The van der Waals surface area contributed by atoms with E-state index in [1.807, 2.05) is 47.8 Å². The Morgan fingerprint density at radius 2 is 1.89 bits per heavy atom. The fourth-order valence-corrected chi connectivity index (χ4v) is 5.70. The number of fused-ring (bicyclic) bond motifs is 1. The minimum Gasteiger partial charge on any atom is -0.462 e. The van der Waals surface area contributed by atoms with Gasteiger partial charge in [0, 0.05) is 26.4 Å². The summed E-state index contributed by atoms with van der Waals surface area (Å²) in [5.41, 5.74) is 13.1. The Hall–Kier alpha value is -4.05. The van der Waals surface area contributed by atoms with E-state index in [0.29, 0.717) is 38.2 Å². The number of hydrogen-bond acceptors (Lipinski definition) is 8. The van der Waals surface area contributed by atoms with Crippen molar-refractivity contribution in [2.75, 3.05) is 12.3 Å². The summed E-state index contributed by atoms with van der Waals surface area (Å²) in [7, 11) is 0. The van der Waals surface area contributed by atoms with E-state index >= 15 is 0 Å². The molecule has 0 saturated carbocycles. The van der Waals surface area contributed by atoms with Crippen molar-refractivity contribution in [3.63, 3.8) is 0 Å². The molecule has 0 spiro atoms. The first-order chi connectivity index (χ1) is 18.4. The number of nitrogen functional groups attached to an aromatic ring is 1.